The normalized spacial score (nSPS) is 11.4. The molecule has 2 aromatic carbocycles. The van der Waals surface area contributed by atoms with Crippen LogP contribution in [0.2, 0.25) is 0 Å². The van der Waals surface area contributed by atoms with Gasteiger partial charge >= 0.3 is 0 Å². The molecule has 0 radical (unpaired) electrons. The number of rotatable bonds is 6. The van der Waals surface area contributed by atoms with Crippen LogP contribution in [0.25, 0.3) is 11.0 Å². The maximum Gasteiger partial charge on any atom is 0.272 e. The highest BCUT2D eigenvalue weighted by atomic mass is 16.5. The zero-order valence-electron chi connectivity index (χ0n) is 14.7. The molecule has 3 aromatic rings. The van der Waals surface area contributed by atoms with E-state index < -0.39 is 5.91 Å². The number of carbonyl (C=O) groups excluding carboxylic acids is 1. The number of anilines is 1. The summed E-state index contributed by atoms with van der Waals surface area (Å²) in [5, 5.41) is 6.23. The maximum atomic E-state index is 12.4. The Morgan fingerprint density at radius 2 is 1.96 bits per heavy atom. The second kappa shape index (κ2) is 8.13. The van der Waals surface area contributed by atoms with Gasteiger partial charge in [-0.2, -0.15) is 5.10 Å². The lowest BCUT2D eigenvalue weighted by molar-refractivity contribution is -0.110. The SMILES string of the molecule is CCOc1ccc(NC(=O)C(Cc2nc3ccccc3[nH]c2=O)=NN)cc1. The summed E-state index contributed by atoms with van der Waals surface area (Å²) in [6.45, 7) is 2.45. The van der Waals surface area contributed by atoms with Crippen LogP contribution in [0.3, 0.4) is 0 Å². The third kappa shape index (κ3) is 4.30. The summed E-state index contributed by atoms with van der Waals surface area (Å²) in [5.41, 5.74) is 1.58. The minimum atomic E-state index is -0.504. The molecule has 27 heavy (non-hydrogen) atoms. The first-order valence-electron chi connectivity index (χ1n) is 8.39. The molecule has 0 aliphatic heterocycles. The number of hydrazone groups is 1. The van der Waals surface area contributed by atoms with Gasteiger partial charge in [0, 0.05) is 12.1 Å². The van der Waals surface area contributed by atoms with Crippen molar-refractivity contribution in [2.45, 2.75) is 13.3 Å². The summed E-state index contributed by atoms with van der Waals surface area (Å²) in [6, 6.07) is 14.0. The van der Waals surface area contributed by atoms with Crippen molar-refractivity contribution in [3.8, 4) is 5.75 Å². The molecule has 4 N–H and O–H groups in total. The van der Waals surface area contributed by atoms with Crippen molar-refractivity contribution in [3.05, 3.63) is 64.6 Å². The van der Waals surface area contributed by atoms with Crippen molar-refractivity contribution >= 4 is 28.3 Å². The Labute approximate surface area is 155 Å². The molecule has 3 rings (SSSR count). The molecule has 0 saturated carbocycles. The Bertz CT molecular complexity index is 1040. The summed E-state index contributed by atoms with van der Waals surface area (Å²) in [5.74, 6) is 5.57. The first-order valence-corrected chi connectivity index (χ1v) is 8.39. The van der Waals surface area contributed by atoms with Gasteiger partial charge in [0.05, 0.1) is 17.6 Å². The van der Waals surface area contributed by atoms with E-state index in [2.05, 4.69) is 20.4 Å². The maximum absolute atomic E-state index is 12.4. The van der Waals surface area contributed by atoms with Crippen LogP contribution in [-0.2, 0) is 11.2 Å². The fraction of sp³-hybridized carbons (Fsp3) is 0.158. The number of nitrogens with one attached hydrogen (secondary N) is 2. The first kappa shape index (κ1) is 18.1. The van der Waals surface area contributed by atoms with E-state index in [0.717, 1.165) is 0 Å². The third-order valence-corrected chi connectivity index (χ3v) is 3.85. The van der Waals surface area contributed by atoms with Crippen molar-refractivity contribution in [2.75, 3.05) is 11.9 Å². The predicted octanol–water partition coefficient (Wildman–Crippen LogP) is 1.82. The molecule has 1 aromatic heterocycles. The molecule has 0 saturated heterocycles. The largest absolute Gasteiger partial charge is 0.494 e. The number of aromatic nitrogens is 2. The number of para-hydroxylation sites is 2. The number of aromatic amines is 1. The van der Waals surface area contributed by atoms with E-state index in [1.54, 1.807) is 42.5 Å². The molecule has 138 valence electrons. The number of ether oxygens (including phenoxy) is 1. The van der Waals surface area contributed by atoms with Gasteiger partial charge in [0.2, 0.25) is 0 Å². The average molecular weight is 365 g/mol. The molecule has 8 heteroatoms. The van der Waals surface area contributed by atoms with Crippen molar-refractivity contribution in [3.63, 3.8) is 0 Å². The summed E-state index contributed by atoms with van der Waals surface area (Å²) < 4.78 is 5.36. The predicted molar refractivity (Wildman–Crippen MR) is 104 cm³/mol. The molecular formula is C19H19N5O3. The fourth-order valence-corrected chi connectivity index (χ4v) is 2.53. The van der Waals surface area contributed by atoms with Crippen LogP contribution in [-0.4, -0.2) is 28.2 Å². The highest BCUT2D eigenvalue weighted by molar-refractivity contribution is 6.43. The number of hydrogen-bond acceptors (Lipinski definition) is 6. The summed E-state index contributed by atoms with van der Waals surface area (Å²) in [7, 11) is 0. The first-order chi connectivity index (χ1) is 13.1. The Kier molecular flexibility index (Phi) is 5.46. The van der Waals surface area contributed by atoms with Crippen molar-refractivity contribution in [2.24, 2.45) is 10.9 Å². The topological polar surface area (TPSA) is 122 Å². The number of amides is 1. The molecule has 0 aliphatic carbocycles. The van der Waals surface area contributed by atoms with E-state index in [1.807, 2.05) is 13.0 Å². The highest BCUT2D eigenvalue weighted by Gasteiger charge is 2.16. The van der Waals surface area contributed by atoms with Crippen LogP contribution in [0.5, 0.6) is 5.75 Å². The monoisotopic (exact) mass is 365 g/mol. The lowest BCUT2D eigenvalue weighted by Gasteiger charge is -2.08. The molecule has 1 heterocycles. The van der Waals surface area contributed by atoms with Crippen LogP contribution >= 0.6 is 0 Å². The van der Waals surface area contributed by atoms with Gasteiger partial charge in [0.1, 0.15) is 17.2 Å². The zero-order valence-corrected chi connectivity index (χ0v) is 14.7. The van der Waals surface area contributed by atoms with Gasteiger partial charge in [-0.1, -0.05) is 12.1 Å². The molecule has 0 bridgehead atoms. The van der Waals surface area contributed by atoms with E-state index in [4.69, 9.17) is 10.6 Å². The summed E-state index contributed by atoms with van der Waals surface area (Å²) >= 11 is 0. The zero-order chi connectivity index (χ0) is 19.2. The van der Waals surface area contributed by atoms with E-state index in [-0.39, 0.29) is 23.4 Å². The van der Waals surface area contributed by atoms with Crippen molar-refractivity contribution < 1.29 is 9.53 Å². The number of benzene rings is 2. The third-order valence-electron chi connectivity index (χ3n) is 3.85. The van der Waals surface area contributed by atoms with E-state index in [9.17, 15) is 9.59 Å². The van der Waals surface area contributed by atoms with E-state index in [1.165, 1.54) is 0 Å². The number of nitrogens with zero attached hydrogens (tertiary/aromatic N) is 2. The molecule has 1 amide bonds. The lowest BCUT2D eigenvalue weighted by atomic mass is 10.2. The van der Waals surface area contributed by atoms with E-state index >= 15 is 0 Å². The summed E-state index contributed by atoms with van der Waals surface area (Å²) in [4.78, 5) is 31.7. The second-order valence-corrected chi connectivity index (χ2v) is 5.69. The van der Waals surface area contributed by atoms with Crippen LogP contribution in [0, 0.1) is 0 Å². The van der Waals surface area contributed by atoms with Gasteiger partial charge < -0.3 is 20.9 Å². The van der Waals surface area contributed by atoms with Gasteiger partial charge in [0.15, 0.2) is 0 Å². The minimum absolute atomic E-state index is 0.00262. The Balaban J connectivity index is 1.76. The van der Waals surface area contributed by atoms with Gasteiger partial charge in [-0.15, -0.1) is 0 Å². The smallest absolute Gasteiger partial charge is 0.272 e. The van der Waals surface area contributed by atoms with Gasteiger partial charge in [-0.3, -0.25) is 9.59 Å². The molecule has 8 nitrogen and oxygen atoms in total. The number of carbonyl (C=O) groups is 1. The molecule has 0 fully saturated rings. The van der Waals surface area contributed by atoms with Gasteiger partial charge in [0.25, 0.3) is 11.5 Å². The van der Waals surface area contributed by atoms with Crippen molar-refractivity contribution in [1.29, 1.82) is 0 Å². The average Bonchev–Trinajstić information content (AvgIpc) is 2.68. The quantitative estimate of drug-likeness (QED) is 0.349. The molecule has 0 aliphatic rings. The molecule has 0 spiro atoms. The summed E-state index contributed by atoms with van der Waals surface area (Å²) in [6.07, 6.45) is -0.0838. The standard InChI is InChI=1S/C19H19N5O3/c1-2-27-13-9-7-12(8-10-13)21-19(26)17(24-20)11-16-18(25)23-15-6-4-3-5-14(15)22-16/h3-10H,2,11,20H2,1H3,(H,21,26)(H,23,25). The fourth-order valence-electron chi connectivity index (χ4n) is 2.53. The van der Waals surface area contributed by atoms with E-state index in [0.29, 0.717) is 29.1 Å². The van der Waals surface area contributed by atoms with Crippen LogP contribution < -0.4 is 21.5 Å². The number of fused-ring (bicyclic) bond motifs is 1. The minimum Gasteiger partial charge on any atom is -0.494 e. The van der Waals surface area contributed by atoms with Gasteiger partial charge in [-0.25, -0.2) is 4.98 Å². The highest BCUT2D eigenvalue weighted by Crippen LogP contribution is 2.15. The second-order valence-electron chi connectivity index (χ2n) is 5.69. The molecular weight excluding hydrogens is 346 g/mol. The Hall–Kier alpha value is -3.68. The number of nitrogens with two attached hydrogens (primary N) is 1. The number of H-pyrrole nitrogens is 1. The van der Waals surface area contributed by atoms with Crippen LogP contribution in [0.1, 0.15) is 12.6 Å². The molecule has 0 atom stereocenters. The van der Waals surface area contributed by atoms with Gasteiger partial charge in [-0.05, 0) is 43.3 Å². The van der Waals surface area contributed by atoms with Crippen LogP contribution in [0.4, 0.5) is 5.69 Å². The van der Waals surface area contributed by atoms with Crippen LogP contribution in [0.15, 0.2) is 58.4 Å². The lowest BCUT2D eigenvalue weighted by Crippen LogP contribution is -2.29. The Morgan fingerprint density at radius 1 is 1.22 bits per heavy atom. The van der Waals surface area contributed by atoms with Crippen molar-refractivity contribution in [1.82, 2.24) is 9.97 Å². The Morgan fingerprint density at radius 3 is 2.67 bits per heavy atom. The number of hydrogen-bond donors (Lipinski definition) is 3. The molecule has 0 unspecified atom stereocenters.